The zero-order chi connectivity index (χ0) is 15.8. The normalized spacial score (nSPS) is 15.1. The number of ether oxygens (including phenoxy) is 1. The number of carbonyl (C=O) groups excluding carboxylic acids is 1. The number of aliphatic hydroxyl groups is 1. The number of carbonyl (C=O) groups is 1. The molecule has 0 aliphatic carbocycles. The molecule has 0 aliphatic rings. The average Bonchev–Trinajstić information content (AvgIpc) is 2.41. The van der Waals surface area contributed by atoms with Gasteiger partial charge in [0.15, 0.2) is 0 Å². The van der Waals surface area contributed by atoms with E-state index >= 15 is 0 Å². The standard InChI is InChI=1S/C15H23ClN2O3/c1-10(19)8-9-17-15(20)18-11(2)14(21-3)12-4-6-13(16)7-5-12/h4-7,10-11,14,19H,8-9H2,1-3H3,(H2,17,18,20). The Morgan fingerprint density at radius 1 is 1.33 bits per heavy atom. The third-order valence-electron chi connectivity index (χ3n) is 3.11. The van der Waals surface area contributed by atoms with Crippen LogP contribution in [0.2, 0.25) is 5.02 Å². The van der Waals surface area contributed by atoms with E-state index < -0.39 is 6.10 Å². The van der Waals surface area contributed by atoms with Gasteiger partial charge in [-0.3, -0.25) is 0 Å². The molecule has 0 fully saturated rings. The van der Waals surface area contributed by atoms with Gasteiger partial charge < -0.3 is 20.5 Å². The van der Waals surface area contributed by atoms with Gasteiger partial charge in [0.25, 0.3) is 0 Å². The van der Waals surface area contributed by atoms with Gasteiger partial charge in [0, 0.05) is 18.7 Å². The van der Waals surface area contributed by atoms with E-state index in [1.54, 1.807) is 26.2 Å². The van der Waals surface area contributed by atoms with Crippen molar-refractivity contribution in [2.24, 2.45) is 0 Å². The van der Waals surface area contributed by atoms with E-state index in [0.29, 0.717) is 18.0 Å². The number of hydrogen-bond acceptors (Lipinski definition) is 3. The fraction of sp³-hybridized carbons (Fsp3) is 0.533. The maximum absolute atomic E-state index is 11.8. The van der Waals surface area contributed by atoms with Gasteiger partial charge in [0.05, 0.1) is 12.1 Å². The molecule has 0 aromatic heterocycles. The zero-order valence-corrected chi connectivity index (χ0v) is 13.4. The third-order valence-corrected chi connectivity index (χ3v) is 3.37. The zero-order valence-electron chi connectivity index (χ0n) is 12.6. The van der Waals surface area contributed by atoms with Crippen LogP contribution in [-0.2, 0) is 4.74 Å². The minimum Gasteiger partial charge on any atom is -0.393 e. The van der Waals surface area contributed by atoms with Crippen LogP contribution in [0.5, 0.6) is 0 Å². The lowest BCUT2D eigenvalue weighted by Gasteiger charge is -2.24. The van der Waals surface area contributed by atoms with Gasteiger partial charge in [-0.05, 0) is 38.0 Å². The van der Waals surface area contributed by atoms with E-state index in [9.17, 15) is 4.79 Å². The Morgan fingerprint density at radius 3 is 2.48 bits per heavy atom. The molecule has 1 aromatic rings. The maximum Gasteiger partial charge on any atom is 0.315 e. The van der Waals surface area contributed by atoms with Crippen LogP contribution >= 0.6 is 11.6 Å². The summed E-state index contributed by atoms with van der Waals surface area (Å²) < 4.78 is 5.46. The minimum absolute atomic E-state index is 0.206. The van der Waals surface area contributed by atoms with E-state index in [-0.39, 0.29) is 18.2 Å². The largest absolute Gasteiger partial charge is 0.393 e. The molecule has 0 heterocycles. The van der Waals surface area contributed by atoms with Crippen molar-refractivity contribution in [3.05, 3.63) is 34.9 Å². The number of amides is 2. The summed E-state index contributed by atoms with van der Waals surface area (Å²) in [5.41, 5.74) is 0.943. The van der Waals surface area contributed by atoms with Crippen molar-refractivity contribution in [1.82, 2.24) is 10.6 Å². The van der Waals surface area contributed by atoms with Gasteiger partial charge in [-0.25, -0.2) is 4.79 Å². The summed E-state index contributed by atoms with van der Waals surface area (Å²) in [6, 6.07) is 6.85. The highest BCUT2D eigenvalue weighted by Crippen LogP contribution is 2.22. The van der Waals surface area contributed by atoms with Gasteiger partial charge in [-0.2, -0.15) is 0 Å². The Bertz CT molecular complexity index is 437. The van der Waals surface area contributed by atoms with Gasteiger partial charge in [0.1, 0.15) is 6.10 Å². The Kier molecular flexibility index (Phi) is 7.50. The molecule has 0 spiro atoms. The van der Waals surface area contributed by atoms with Crippen LogP contribution in [0.25, 0.3) is 0 Å². The number of methoxy groups -OCH3 is 1. The van der Waals surface area contributed by atoms with E-state index in [1.807, 2.05) is 19.1 Å². The summed E-state index contributed by atoms with van der Waals surface area (Å²) in [4.78, 5) is 11.8. The van der Waals surface area contributed by atoms with Gasteiger partial charge in [-0.1, -0.05) is 23.7 Å². The molecule has 3 unspecified atom stereocenters. The lowest BCUT2D eigenvalue weighted by molar-refractivity contribution is 0.0761. The Morgan fingerprint density at radius 2 is 1.95 bits per heavy atom. The smallest absolute Gasteiger partial charge is 0.315 e. The van der Waals surface area contributed by atoms with Crippen LogP contribution in [0.15, 0.2) is 24.3 Å². The Labute approximate surface area is 130 Å². The van der Waals surface area contributed by atoms with Crippen molar-refractivity contribution < 1.29 is 14.6 Å². The lowest BCUT2D eigenvalue weighted by Crippen LogP contribution is -2.44. The lowest BCUT2D eigenvalue weighted by atomic mass is 10.0. The molecule has 0 saturated heterocycles. The first-order valence-corrected chi connectivity index (χ1v) is 7.32. The number of benzene rings is 1. The second-order valence-corrected chi connectivity index (χ2v) is 5.47. The molecule has 2 amide bonds. The molecule has 1 aromatic carbocycles. The molecule has 0 radical (unpaired) electrons. The Balaban J connectivity index is 2.53. The van der Waals surface area contributed by atoms with Crippen molar-refractivity contribution in [2.45, 2.75) is 38.5 Å². The quantitative estimate of drug-likeness (QED) is 0.724. The second kappa shape index (κ2) is 8.87. The number of halogens is 1. The number of hydrogen-bond donors (Lipinski definition) is 3. The Hall–Kier alpha value is -1.30. The summed E-state index contributed by atoms with van der Waals surface area (Å²) in [5, 5.41) is 15.3. The average molecular weight is 315 g/mol. The summed E-state index contributed by atoms with van der Waals surface area (Å²) in [5.74, 6) is 0. The number of nitrogens with one attached hydrogen (secondary N) is 2. The summed E-state index contributed by atoms with van der Waals surface area (Å²) in [7, 11) is 1.60. The summed E-state index contributed by atoms with van der Waals surface area (Å²) in [6.45, 7) is 3.98. The molecular weight excluding hydrogens is 292 g/mol. The molecular formula is C15H23ClN2O3. The SMILES string of the molecule is COC(c1ccc(Cl)cc1)C(C)NC(=O)NCCC(C)O. The molecule has 6 heteroatoms. The van der Waals surface area contributed by atoms with Crippen molar-refractivity contribution in [2.75, 3.05) is 13.7 Å². The van der Waals surface area contributed by atoms with Crippen LogP contribution in [-0.4, -0.2) is 36.9 Å². The number of urea groups is 1. The molecule has 118 valence electrons. The maximum atomic E-state index is 11.8. The van der Waals surface area contributed by atoms with Gasteiger partial charge >= 0.3 is 6.03 Å². The summed E-state index contributed by atoms with van der Waals surface area (Å²) >= 11 is 5.87. The second-order valence-electron chi connectivity index (χ2n) is 5.03. The van der Waals surface area contributed by atoms with Crippen molar-refractivity contribution >= 4 is 17.6 Å². The number of rotatable bonds is 7. The van der Waals surface area contributed by atoms with Crippen LogP contribution < -0.4 is 10.6 Å². The molecule has 3 atom stereocenters. The predicted octanol–water partition coefficient (Wildman–Crippen LogP) is 2.49. The molecule has 21 heavy (non-hydrogen) atoms. The van der Waals surface area contributed by atoms with E-state index in [0.717, 1.165) is 5.56 Å². The molecule has 1 rings (SSSR count). The molecule has 0 saturated carbocycles. The van der Waals surface area contributed by atoms with Crippen molar-refractivity contribution in [1.29, 1.82) is 0 Å². The van der Waals surface area contributed by atoms with Crippen LogP contribution in [0, 0.1) is 0 Å². The molecule has 5 nitrogen and oxygen atoms in total. The number of aliphatic hydroxyl groups excluding tert-OH is 1. The minimum atomic E-state index is -0.427. The fourth-order valence-corrected chi connectivity index (χ4v) is 2.14. The monoisotopic (exact) mass is 314 g/mol. The van der Waals surface area contributed by atoms with Gasteiger partial charge in [0.2, 0.25) is 0 Å². The van der Waals surface area contributed by atoms with Crippen LogP contribution in [0.3, 0.4) is 0 Å². The first kappa shape index (κ1) is 17.8. The first-order valence-electron chi connectivity index (χ1n) is 6.94. The highest BCUT2D eigenvalue weighted by Gasteiger charge is 2.20. The van der Waals surface area contributed by atoms with Gasteiger partial charge in [-0.15, -0.1) is 0 Å². The highest BCUT2D eigenvalue weighted by molar-refractivity contribution is 6.30. The van der Waals surface area contributed by atoms with Crippen LogP contribution in [0.1, 0.15) is 31.9 Å². The fourth-order valence-electron chi connectivity index (χ4n) is 2.01. The third kappa shape index (κ3) is 6.33. The molecule has 0 aliphatic heterocycles. The molecule has 3 N–H and O–H groups in total. The van der Waals surface area contributed by atoms with Crippen molar-refractivity contribution in [3.8, 4) is 0 Å². The molecule has 0 bridgehead atoms. The highest BCUT2D eigenvalue weighted by atomic mass is 35.5. The van der Waals surface area contributed by atoms with E-state index in [1.165, 1.54) is 0 Å². The van der Waals surface area contributed by atoms with Crippen LogP contribution in [0.4, 0.5) is 4.79 Å². The summed E-state index contributed by atoms with van der Waals surface area (Å²) in [6.07, 6.45) is -0.166. The first-order chi connectivity index (χ1) is 9.93. The topological polar surface area (TPSA) is 70.6 Å². The predicted molar refractivity (Wildman–Crippen MR) is 83.5 cm³/mol. The van der Waals surface area contributed by atoms with E-state index in [4.69, 9.17) is 21.4 Å². The van der Waals surface area contributed by atoms with Crippen molar-refractivity contribution in [3.63, 3.8) is 0 Å². The van der Waals surface area contributed by atoms with E-state index in [2.05, 4.69) is 10.6 Å².